The van der Waals surface area contributed by atoms with Crippen molar-refractivity contribution in [2.24, 2.45) is 17.1 Å². The van der Waals surface area contributed by atoms with Crippen molar-refractivity contribution in [3.05, 3.63) is 51.7 Å². The van der Waals surface area contributed by atoms with E-state index < -0.39 is 22.7 Å². The molecule has 0 aromatic heterocycles. The second kappa shape index (κ2) is 5.72. The molecule has 28 heavy (non-hydrogen) atoms. The van der Waals surface area contributed by atoms with Gasteiger partial charge in [-0.15, -0.1) is 0 Å². The highest BCUT2D eigenvalue weighted by molar-refractivity contribution is 6.10. The molecule has 0 fully saturated rings. The van der Waals surface area contributed by atoms with Gasteiger partial charge >= 0.3 is 0 Å². The summed E-state index contributed by atoms with van der Waals surface area (Å²) < 4.78 is 0. The van der Waals surface area contributed by atoms with Gasteiger partial charge in [-0.1, -0.05) is 23.8 Å². The van der Waals surface area contributed by atoms with Gasteiger partial charge in [0.1, 0.15) is 11.5 Å². The number of hydrogen-bond donors (Lipinski definition) is 2. The van der Waals surface area contributed by atoms with E-state index in [4.69, 9.17) is 5.73 Å². The van der Waals surface area contributed by atoms with E-state index >= 15 is 0 Å². The van der Waals surface area contributed by atoms with Gasteiger partial charge in [-0.05, 0) is 49.8 Å². The van der Waals surface area contributed by atoms with Crippen molar-refractivity contribution in [3.63, 3.8) is 0 Å². The minimum atomic E-state index is -1.95. The predicted molar refractivity (Wildman–Crippen MR) is 102 cm³/mol. The Labute approximate surface area is 163 Å². The topological polar surface area (TPSA) is 126 Å². The number of aryl methyl sites for hydroxylation is 2. The summed E-state index contributed by atoms with van der Waals surface area (Å²) in [5, 5.41) is 33.1. The van der Waals surface area contributed by atoms with E-state index in [-0.39, 0.29) is 11.3 Å². The quantitative estimate of drug-likeness (QED) is 0.727. The Bertz CT molecular complexity index is 1110. The lowest BCUT2D eigenvalue weighted by Crippen LogP contribution is -2.60. The van der Waals surface area contributed by atoms with Gasteiger partial charge in [-0.25, -0.2) is 0 Å². The Hall–Kier alpha value is -3.56. The fourth-order valence-corrected chi connectivity index (χ4v) is 5.36. The standard InChI is InChI=1S/C22H19N5O/c1-12-7-13(2)18-17(8-12)22(20(28)27-18)16-6-4-3-5-14(16)15(9-23)19(26)21(22,10-24)11-25/h5,7-8,16H,3-4,6,26H2,1-2H3,(H,27,28). The summed E-state index contributed by atoms with van der Waals surface area (Å²) in [5.41, 5.74) is 6.74. The first kappa shape index (κ1) is 17.8. The van der Waals surface area contributed by atoms with Crippen molar-refractivity contribution in [2.75, 3.05) is 5.32 Å². The first-order valence-corrected chi connectivity index (χ1v) is 9.25. The zero-order valence-corrected chi connectivity index (χ0v) is 15.8. The maximum absolute atomic E-state index is 13.6. The first-order chi connectivity index (χ1) is 13.4. The van der Waals surface area contributed by atoms with Gasteiger partial charge in [0.25, 0.3) is 0 Å². The molecule has 1 aliphatic heterocycles. The van der Waals surface area contributed by atoms with Gasteiger partial charge in [-0.3, -0.25) is 4.79 Å². The third kappa shape index (κ3) is 1.77. The molecule has 4 rings (SSSR count). The predicted octanol–water partition coefficient (Wildman–Crippen LogP) is 3.00. The van der Waals surface area contributed by atoms with Crippen LogP contribution in [0.4, 0.5) is 5.69 Å². The number of rotatable bonds is 0. The smallest absolute Gasteiger partial charge is 0.238 e. The molecule has 1 amide bonds. The van der Waals surface area contributed by atoms with Crippen LogP contribution in [0.25, 0.3) is 0 Å². The number of benzene rings is 1. The Morgan fingerprint density at radius 1 is 1.21 bits per heavy atom. The fourth-order valence-electron chi connectivity index (χ4n) is 5.36. The average Bonchev–Trinajstić information content (AvgIpc) is 2.97. The third-order valence-corrected chi connectivity index (χ3v) is 6.46. The van der Waals surface area contributed by atoms with E-state index in [1.54, 1.807) is 0 Å². The van der Waals surface area contributed by atoms with Crippen molar-refractivity contribution in [1.82, 2.24) is 0 Å². The molecule has 1 aromatic rings. The van der Waals surface area contributed by atoms with E-state index in [1.165, 1.54) is 0 Å². The first-order valence-electron chi connectivity index (χ1n) is 9.25. The van der Waals surface area contributed by atoms with Crippen LogP contribution in [0.2, 0.25) is 0 Å². The van der Waals surface area contributed by atoms with Crippen LogP contribution in [0, 0.1) is 59.2 Å². The summed E-state index contributed by atoms with van der Waals surface area (Å²) in [7, 11) is 0. The molecule has 0 radical (unpaired) electrons. The Kier molecular flexibility index (Phi) is 3.64. The molecular formula is C22H19N5O. The summed E-state index contributed by atoms with van der Waals surface area (Å²) in [5.74, 6) is -0.845. The molecule has 2 unspecified atom stereocenters. The largest absolute Gasteiger partial charge is 0.399 e. The monoisotopic (exact) mass is 369 g/mol. The normalized spacial score (nSPS) is 27.0. The molecule has 1 spiro atoms. The number of amides is 1. The highest BCUT2D eigenvalue weighted by Crippen LogP contribution is 2.63. The Morgan fingerprint density at radius 3 is 2.57 bits per heavy atom. The molecule has 0 saturated heterocycles. The van der Waals surface area contributed by atoms with Crippen molar-refractivity contribution >= 4 is 11.6 Å². The number of nitrogens with one attached hydrogen (secondary N) is 1. The van der Waals surface area contributed by atoms with Crippen LogP contribution in [-0.4, -0.2) is 5.91 Å². The van der Waals surface area contributed by atoms with E-state index in [2.05, 4.69) is 23.5 Å². The summed E-state index contributed by atoms with van der Waals surface area (Å²) >= 11 is 0. The number of nitrogens with zero attached hydrogens (tertiary/aromatic N) is 3. The fraction of sp³-hybridized carbons (Fsp3) is 0.364. The average molecular weight is 369 g/mol. The van der Waals surface area contributed by atoms with Crippen LogP contribution >= 0.6 is 0 Å². The number of hydrogen-bond acceptors (Lipinski definition) is 5. The summed E-state index contributed by atoms with van der Waals surface area (Å²) in [4.78, 5) is 13.6. The maximum atomic E-state index is 13.6. The molecule has 138 valence electrons. The van der Waals surface area contributed by atoms with Crippen LogP contribution in [0.5, 0.6) is 0 Å². The van der Waals surface area contributed by atoms with Gasteiger partial charge in [-0.2, -0.15) is 15.8 Å². The van der Waals surface area contributed by atoms with Crippen molar-refractivity contribution in [2.45, 2.75) is 38.5 Å². The zero-order valence-electron chi connectivity index (χ0n) is 15.8. The highest BCUT2D eigenvalue weighted by Gasteiger charge is 2.71. The van der Waals surface area contributed by atoms with Crippen LogP contribution < -0.4 is 11.1 Å². The molecule has 2 atom stereocenters. The lowest BCUT2D eigenvalue weighted by molar-refractivity contribution is -0.125. The van der Waals surface area contributed by atoms with Gasteiger partial charge in [0.2, 0.25) is 11.3 Å². The number of nitriles is 3. The van der Waals surface area contributed by atoms with Crippen molar-refractivity contribution in [3.8, 4) is 18.2 Å². The highest BCUT2D eigenvalue weighted by atomic mass is 16.2. The van der Waals surface area contributed by atoms with Gasteiger partial charge in [0.15, 0.2) is 0 Å². The molecule has 1 aromatic carbocycles. The number of carbonyl (C=O) groups is 1. The van der Waals surface area contributed by atoms with Gasteiger partial charge < -0.3 is 11.1 Å². The van der Waals surface area contributed by atoms with E-state index in [0.29, 0.717) is 23.2 Å². The van der Waals surface area contributed by atoms with E-state index in [1.807, 2.05) is 32.1 Å². The number of fused-ring (bicyclic) bond motifs is 4. The molecule has 3 N–H and O–H groups in total. The van der Waals surface area contributed by atoms with Gasteiger partial charge in [0, 0.05) is 11.6 Å². The molecule has 3 aliphatic rings. The number of anilines is 1. The Morgan fingerprint density at radius 2 is 1.93 bits per heavy atom. The Balaban J connectivity index is 2.23. The van der Waals surface area contributed by atoms with Crippen LogP contribution in [0.3, 0.4) is 0 Å². The van der Waals surface area contributed by atoms with E-state index in [9.17, 15) is 20.6 Å². The van der Waals surface area contributed by atoms with Crippen molar-refractivity contribution in [1.29, 1.82) is 15.8 Å². The maximum Gasteiger partial charge on any atom is 0.238 e. The summed E-state index contributed by atoms with van der Waals surface area (Å²) in [6, 6.07) is 10.1. The van der Waals surface area contributed by atoms with E-state index in [0.717, 1.165) is 24.0 Å². The molecule has 6 nitrogen and oxygen atoms in total. The zero-order chi connectivity index (χ0) is 20.3. The SMILES string of the molecule is Cc1cc(C)c2c(c1)C1(C(=O)N2)C2CCCC=C2C(C#N)=C(N)C1(C#N)C#N. The van der Waals surface area contributed by atoms with Crippen LogP contribution in [-0.2, 0) is 10.2 Å². The third-order valence-electron chi connectivity index (χ3n) is 6.46. The number of nitrogens with two attached hydrogens (primary N) is 1. The minimum Gasteiger partial charge on any atom is -0.399 e. The lowest BCUT2D eigenvalue weighted by Gasteiger charge is -2.49. The summed E-state index contributed by atoms with van der Waals surface area (Å²) in [6.07, 6.45) is 4.13. The van der Waals surface area contributed by atoms with Gasteiger partial charge in [0.05, 0.1) is 23.4 Å². The molecular weight excluding hydrogens is 350 g/mol. The number of allylic oxidation sites excluding steroid dienone is 4. The molecule has 0 saturated carbocycles. The van der Waals surface area contributed by atoms with Crippen LogP contribution in [0.15, 0.2) is 35.1 Å². The second-order valence-electron chi connectivity index (χ2n) is 7.78. The number of carbonyl (C=O) groups excluding carboxylic acids is 1. The lowest BCUT2D eigenvalue weighted by atomic mass is 9.47. The summed E-state index contributed by atoms with van der Waals surface area (Å²) in [6.45, 7) is 3.82. The van der Waals surface area contributed by atoms with Crippen molar-refractivity contribution < 1.29 is 4.79 Å². The minimum absolute atomic E-state index is 0.119. The molecule has 0 bridgehead atoms. The molecule has 2 aliphatic carbocycles. The van der Waals surface area contributed by atoms with Crippen LogP contribution in [0.1, 0.15) is 36.0 Å². The molecule has 1 heterocycles. The second-order valence-corrected chi connectivity index (χ2v) is 7.78. The molecule has 6 heteroatoms.